The van der Waals surface area contributed by atoms with Crippen molar-refractivity contribution in [1.82, 2.24) is 5.32 Å². The number of hydrogen-bond acceptors (Lipinski definition) is 4. The molecule has 26 heavy (non-hydrogen) atoms. The van der Waals surface area contributed by atoms with E-state index in [0.717, 1.165) is 24.1 Å². The monoisotopic (exact) mass is 353 g/mol. The topological polar surface area (TPSA) is 93.4 Å². The molecule has 0 radical (unpaired) electrons. The SMILES string of the molecule is N=C1c2ccoc2NCN1c1cccc(NC(=O)NC2CCCCC2)c1. The molecule has 1 aromatic heterocycles. The van der Waals surface area contributed by atoms with Crippen LogP contribution < -0.4 is 20.9 Å². The summed E-state index contributed by atoms with van der Waals surface area (Å²) in [5, 5.41) is 17.5. The average Bonchev–Trinajstić information content (AvgIpc) is 3.13. The van der Waals surface area contributed by atoms with E-state index in [1.54, 1.807) is 12.3 Å². The van der Waals surface area contributed by atoms with E-state index < -0.39 is 0 Å². The summed E-state index contributed by atoms with van der Waals surface area (Å²) in [6.45, 7) is 0.442. The van der Waals surface area contributed by atoms with Crippen LogP contribution in [0.2, 0.25) is 0 Å². The molecule has 136 valence electrons. The van der Waals surface area contributed by atoms with Gasteiger partial charge in [-0.3, -0.25) is 5.41 Å². The Morgan fingerprint density at radius 1 is 1.23 bits per heavy atom. The number of nitrogens with zero attached hydrogens (tertiary/aromatic N) is 1. The number of hydrogen-bond donors (Lipinski definition) is 4. The molecule has 0 unspecified atom stereocenters. The lowest BCUT2D eigenvalue weighted by Gasteiger charge is -2.29. The van der Waals surface area contributed by atoms with Gasteiger partial charge >= 0.3 is 6.03 Å². The summed E-state index contributed by atoms with van der Waals surface area (Å²) in [6.07, 6.45) is 7.30. The minimum Gasteiger partial charge on any atom is -0.448 e. The lowest BCUT2D eigenvalue weighted by Crippen LogP contribution is -2.40. The van der Waals surface area contributed by atoms with Crippen molar-refractivity contribution in [3.8, 4) is 0 Å². The minimum absolute atomic E-state index is 0.169. The van der Waals surface area contributed by atoms with Gasteiger partial charge in [0.05, 0.1) is 18.5 Å². The van der Waals surface area contributed by atoms with E-state index in [4.69, 9.17) is 9.83 Å². The predicted molar refractivity (Wildman–Crippen MR) is 102 cm³/mol. The zero-order valence-electron chi connectivity index (χ0n) is 14.5. The van der Waals surface area contributed by atoms with Gasteiger partial charge in [0.2, 0.25) is 5.88 Å². The summed E-state index contributed by atoms with van der Waals surface area (Å²) in [7, 11) is 0. The number of anilines is 3. The molecule has 0 atom stereocenters. The number of benzene rings is 1. The van der Waals surface area contributed by atoms with Crippen LogP contribution >= 0.6 is 0 Å². The van der Waals surface area contributed by atoms with Gasteiger partial charge in [-0.15, -0.1) is 0 Å². The molecular formula is C19H23N5O2. The Morgan fingerprint density at radius 2 is 2.08 bits per heavy atom. The number of urea groups is 1. The maximum absolute atomic E-state index is 12.3. The lowest BCUT2D eigenvalue weighted by atomic mass is 9.96. The van der Waals surface area contributed by atoms with Gasteiger partial charge in [0.1, 0.15) is 5.84 Å². The molecule has 2 aromatic rings. The summed E-state index contributed by atoms with van der Waals surface area (Å²) in [4.78, 5) is 14.1. The van der Waals surface area contributed by atoms with Crippen molar-refractivity contribution in [2.75, 3.05) is 22.2 Å². The molecular weight excluding hydrogens is 330 g/mol. The molecule has 0 spiro atoms. The fraction of sp³-hybridized carbons (Fsp3) is 0.368. The molecule has 2 amide bonds. The van der Waals surface area contributed by atoms with Crippen LogP contribution in [-0.2, 0) is 0 Å². The molecule has 7 nitrogen and oxygen atoms in total. The van der Waals surface area contributed by atoms with Gasteiger partial charge in [0.25, 0.3) is 0 Å². The Hall–Kier alpha value is -2.96. The van der Waals surface area contributed by atoms with Crippen molar-refractivity contribution in [1.29, 1.82) is 5.41 Å². The standard InChI is InChI=1S/C19H23N5O2/c20-17-16-9-10-26-18(16)21-12-24(17)15-8-4-7-14(11-15)23-19(25)22-13-5-2-1-3-6-13/h4,7-11,13,20-21H,1-3,5-6,12H2,(H2,22,23,25). The number of nitrogens with one attached hydrogen (secondary N) is 4. The van der Waals surface area contributed by atoms with E-state index in [-0.39, 0.29) is 12.1 Å². The largest absolute Gasteiger partial charge is 0.448 e. The van der Waals surface area contributed by atoms with Gasteiger partial charge < -0.3 is 25.3 Å². The van der Waals surface area contributed by atoms with Crippen LogP contribution in [0.3, 0.4) is 0 Å². The van der Waals surface area contributed by atoms with Crippen LogP contribution in [0.4, 0.5) is 22.1 Å². The van der Waals surface area contributed by atoms with Crippen LogP contribution in [0.5, 0.6) is 0 Å². The minimum atomic E-state index is -0.169. The van der Waals surface area contributed by atoms with E-state index >= 15 is 0 Å². The van der Waals surface area contributed by atoms with E-state index in [1.807, 2.05) is 29.2 Å². The van der Waals surface area contributed by atoms with Crippen molar-refractivity contribution in [2.24, 2.45) is 0 Å². The summed E-state index contributed by atoms with van der Waals surface area (Å²) < 4.78 is 5.32. The number of rotatable bonds is 3. The van der Waals surface area contributed by atoms with E-state index in [2.05, 4.69) is 16.0 Å². The van der Waals surface area contributed by atoms with Gasteiger partial charge in [-0.25, -0.2) is 4.79 Å². The molecule has 2 aliphatic rings. The highest BCUT2D eigenvalue weighted by Crippen LogP contribution is 2.28. The zero-order chi connectivity index (χ0) is 17.9. The second-order valence-electron chi connectivity index (χ2n) is 6.76. The molecule has 0 saturated heterocycles. The first kappa shape index (κ1) is 16.5. The number of amidine groups is 1. The van der Waals surface area contributed by atoms with Crippen LogP contribution in [0, 0.1) is 5.41 Å². The highest BCUT2D eigenvalue weighted by molar-refractivity contribution is 6.12. The number of furan rings is 1. The molecule has 4 rings (SSSR count). The first-order chi connectivity index (χ1) is 12.7. The van der Waals surface area contributed by atoms with E-state index in [0.29, 0.717) is 24.1 Å². The van der Waals surface area contributed by atoms with Crippen LogP contribution in [0.1, 0.15) is 37.7 Å². The quantitative estimate of drug-likeness (QED) is 0.672. The maximum Gasteiger partial charge on any atom is 0.319 e. The highest BCUT2D eigenvalue weighted by Gasteiger charge is 2.24. The number of fused-ring (bicyclic) bond motifs is 1. The van der Waals surface area contributed by atoms with Gasteiger partial charge in [0.15, 0.2) is 0 Å². The van der Waals surface area contributed by atoms with Gasteiger partial charge in [0, 0.05) is 17.4 Å². The Labute approximate surface area is 152 Å². The van der Waals surface area contributed by atoms with Crippen molar-refractivity contribution >= 4 is 29.1 Å². The van der Waals surface area contributed by atoms with E-state index in [9.17, 15) is 4.79 Å². The fourth-order valence-corrected chi connectivity index (χ4v) is 3.58. The third-order valence-electron chi connectivity index (χ3n) is 4.94. The van der Waals surface area contributed by atoms with Crippen molar-refractivity contribution in [3.63, 3.8) is 0 Å². The highest BCUT2D eigenvalue weighted by atomic mass is 16.3. The molecule has 4 N–H and O–H groups in total. The molecule has 7 heteroatoms. The normalized spacial score (nSPS) is 17.4. The van der Waals surface area contributed by atoms with Gasteiger partial charge in [-0.1, -0.05) is 25.3 Å². The number of carbonyl (C=O) groups excluding carboxylic acids is 1. The molecule has 1 saturated carbocycles. The summed E-state index contributed by atoms with van der Waals surface area (Å²) in [5.41, 5.74) is 2.27. The zero-order valence-corrected chi connectivity index (χ0v) is 14.5. The summed E-state index contributed by atoms with van der Waals surface area (Å²) in [5.74, 6) is 0.990. The smallest absolute Gasteiger partial charge is 0.319 e. The third-order valence-corrected chi connectivity index (χ3v) is 4.94. The Bertz CT molecular complexity index is 810. The second-order valence-corrected chi connectivity index (χ2v) is 6.76. The Balaban J connectivity index is 1.43. The molecule has 1 aliphatic carbocycles. The fourth-order valence-electron chi connectivity index (χ4n) is 3.58. The average molecular weight is 353 g/mol. The van der Waals surface area contributed by atoms with Crippen molar-refractivity contribution < 1.29 is 9.21 Å². The molecule has 1 fully saturated rings. The molecule has 0 bridgehead atoms. The van der Waals surface area contributed by atoms with E-state index in [1.165, 1.54) is 19.3 Å². The van der Waals surface area contributed by atoms with Gasteiger partial charge in [-0.05, 0) is 37.1 Å². The van der Waals surface area contributed by atoms with Crippen LogP contribution in [0.25, 0.3) is 0 Å². The molecule has 1 aromatic carbocycles. The van der Waals surface area contributed by atoms with Crippen LogP contribution in [-0.4, -0.2) is 24.6 Å². The van der Waals surface area contributed by atoms with Crippen LogP contribution in [0.15, 0.2) is 41.0 Å². The number of amides is 2. The predicted octanol–water partition coefficient (Wildman–Crippen LogP) is 3.95. The Kier molecular flexibility index (Phi) is 4.51. The summed E-state index contributed by atoms with van der Waals surface area (Å²) in [6, 6.07) is 9.41. The maximum atomic E-state index is 12.3. The van der Waals surface area contributed by atoms with Crippen molar-refractivity contribution in [3.05, 3.63) is 42.2 Å². The lowest BCUT2D eigenvalue weighted by molar-refractivity contribution is 0.244. The third kappa shape index (κ3) is 3.37. The Morgan fingerprint density at radius 3 is 2.92 bits per heavy atom. The molecule has 2 heterocycles. The van der Waals surface area contributed by atoms with Crippen molar-refractivity contribution in [2.45, 2.75) is 38.1 Å². The summed E-state index contributed by atoms with van der Waals surface area (Å²) >= 11 is 0. The first-order valence-electron chi connectivity index (χ1n) is 9.06. The second kappa shape index (κ2) is 7.11. The first-order valence-corrected chi connectivity index (χ1v) is 9.06. The number of carbonyl (C=O) groups is 1. The molecule has 1 aliphatic heterocycles. The van der Waals surface area contributed by atoms with Gasteiger partial charge in [-0.2, -0.15) is 0 Å².